The molecule has 0 aliphatic rings. The van der Waals surface area contributed by atoms with Gasteiger partial charge in [-0.25, -0.2) is 15.0 Å². The van der Waals surface area contributed by atoms with Crippen LogP contribution in [0.4, 0.5) is 0 Å². The molecule has 0 fully saturated rings. The highest BCUT2D eigenvalue weighted by Crippen LogP contribution is 2.32. The third kappa shape index (κ3) is 5.42. The summed E-state index contributed by atoms with van der Waals surface area (Å²) in [6.45, 7) is 0. The molecule has 0 radical (unpaired) electrons. The van der Waals surface area contributed by atoms with E-state index in [0.29, 0.717) is 0 Å². The molecule has 10 aromatic rings. The zero-order chi connectivity index (χ0) is 34.4. The van der Waals surface area contributed by atoms with Crippen LogP contribution in [0.15, 0.2) is 176 Å². The Kier molecular flexibility index (Phi) is 7.07. The summed E-state index contributed by atoms with van der Waals surface area (Å²) < 4.78 is 0. The summed E-state index contributed by atoms with van der Waals surface area (Å²) in [5.74, 6) is 0. The van der Waals surface area contributed by atoms with Gasteiger partial charge in [0.2, 0.25) is 0 Å². The Hall–Kier alpha value is -7.11. The van der Waals surface area contributed by atoms with Crippen LogP contribution in [0.5, 0.6) is 0 Å². The van der Waals surface area contributed by atoms with Gasteiger partial charge in [-0.2, -0.15) is 0 Å². The van der Waals surface area contributed by atoms with E-state index in [1.807, 2.05) is 36.7 Å². The normalized spacial score (nSPS) is 11.5. The Balaban J connectivity index is 0.953. The molecule has 0 saturated heterocycles. The Morgan fingerprint density at radius 2 is 0.846 bits per heavy atom. The number of hydrogen-bond donors (Lipinski definition) is 0. The second-order valence-electron chi connectivity index (χ2n) is 13.0. The largest absolute Gasteiger partial charge is 0.256 e. The average molecular weight is 664 g/mol. The molecule has 5 heteroatoms. The van der Waals surface area contributed by atoms with E-state index in [2.05, 4.69) is 149 Å². The van der Waals surface area contributed by atoms with Gasteiger partial charge in [0.1, 0.15) is 0 Å². The predicted octanol–water partition coefficient (Wildman–Crippen LogP) is 11.6. The molecule has 0 spiro atoms. The van der Waals surface area contributed by atoms with Crippen LogP contribution in [0.25, 0.3) is 99.8 Å². The van der Waals surface area contributed by atoms with E-state index in [-0.39, 0.29) is 0 Å². The molecule has 5 aromatic carbocycles. The van der Waals surface area contributed by atoms with Crippen LogP contribution in [-0.2, 0) is 0 Å². The summed E-state index contributed by atoms with van der Waals surface area (Å²) in [6, 6.07) is 56.7. The first-order chi connectivity index (χ1) is 25.7. The second kappa shape index (κ2) is 12.3. The van der Waals surface area contributed by atoms with Crippen LogP contribution in [0.1, 0.15) is 0 Å². The molecule has 0 N–H and O–H groups in total. The summed E-state index contributed by atoms with van der Waals surface area (Å²) in [6.07, 6.45) is 3.65. The SMILES string of the molecule is c1ccc(-c2cccc(-c3ccc4ccc(-c5ccc6nc(-c7cccc(-c8ccc9ccc%10cccnc%10c9n8)c7)ccc6c5)cc4n3)c2)nc1. The predicted molar refractivity (Wildman–Crippen MR) is 213 cm³/mol. The third-order valence-corrected chi connectivity index (χ3v) is 9.72. The van der Waals surface area contributed by atoms with Crippen molar-refractivity contribution in [3.8, 4) is 56.2 Å². The number of benzene rings is 5. The molecule has 0 amide bonds. The van der Waals surface area contributed by atoms with E-state index in [9.17, 15) is 0 Å². The highest BCUT2D eigenvalue weighted by atomic mass is 14.8. The van der Waals surface area contributed by atoms with Gasteiger partial charge in [0.05, 0.1) is 44.8 Å². The Morgan fingerprint density at radius 3 is 1.60 bits per heavy atom. The van der Waals surface area contributed by atoms with Gasteiger partial charge in [-0.15, -0.1) is 0 Å². The quantitative estimate of drug-likeness (QED) is 0.171. The van der Waals surface area contributed by atoms with Crippen LogP contribution in [0.2, 0.25) is 0 Å². The Bertz CT molecular complexity index is 2970. The fourth-order valence-electron chi connectivity index (χ4n) is 7.02. The molecular formula is C47H29N5. The molecule has 0 aliphatic carbocycles. The number of pyridine rings is 5. The topological polar surface area (TPSA) is 64.5 Å². The van der Waals surface area contributed by atoms with Crippen LogP contribution < -0.4 is 0 Å². The van der Waals surface area contributed by atoms with Crippen molar-refractivity contribution in [3.05, 3.63) is 176 Å². The molecule has 242 valence electrons. The lowest BCUT2D eigenvalue weighted by Gasteiger charge is -2.10. The van der Waals surface area contributed by atoms with Gasteiger partial charge in [-0.05, 0) is 77.9 Å². The lowest BCUT2D eigenvalue weighted by atomic mass is 10.00. The van der Waals surface area contributed by atoms with Gasteiger partial charge in [0.25, 0.3) is 0 Å². The second-order valence-corrected chi connectivity index (χ2v) is 13.0. The Labute approximate surface area is 300 Å². The molecule has 10 rings (SSSR count). The maximum Gasteiger partial charge on any atom is 0.0972 e. The van der Waals surface area contributed by atoms with Gasteiger partial charge < -0.3 is 0 Å². The Morgan fingerprint density at radius 1 is 0.269 bits per heavy atom. The van der Waals surface area contributed by atoms with E-state index in [0.717, 1.165) is 99.8 Å². The third-order valence-electron chi connectivity index (χ3n) is 9.72. The van der Waals surface area contributed by atoms with Gasteiger partial charge >= 0.3 is 0 Å². The van der Waals surface area contributed by atoms with Crippen LogP contribution in [-0.4, -0.2) is 24.9 Å². The fraction of sp³-hybridized carbons (Fsp3) is 0. The summed E-state index contributed by atoms with van der Waals surface area (Å²) in [5.41, 5.74) is 13.9. The highest BCUT2D eigenvalue weighted by molar-refractivity contribution is 6.03. The van der Waals surface area contributed by atoms with E-state index >= 15 is 0 Å². The van der Waals surface area contributed by atoms with E-state index < -0.39 is 0 Å². The minimum Gasteiger partial charge on any atom is -0.256 e. The number of rotatable bonds is 5. The van der Waals surface area contributed by atoms with Crippen molar-refractivity contribution < 1.29 is 0 Å². The summed E-state index contributed by atoms with van der Waals surface area (Å²) >= 11 is 0. The summed E-state index contributed by atoms with van der Waals surface area (Å²) in [4.78, 5) is 24.4. The van der Waals surface area contributed by atoms with Crippen molar-refractivity contribution >= 4 is 43.6 Å². The van der Waals surface area contributed by atoms with Crippen molar-refractivity contribution in [1.82, 2.24) is 24.9 Å². The molecular weight excluding hydrogens is 635 g/mol. The van der Waals surface area contributed by atoms with Gasteiger partial charge in [0.15, 0.2) is 0 Å². The fourth-order valence-corrected chi connectivity index (χ4v) is 7.02. The van der Waals surface area contributed by atoms with Crippen LogP contribution >= 0.6 is 0 Å². The highest BCUT2D eigenvalue weighted by Gasteiger charge is 2.11. The molecule has 5 aromatic heterocycles. The maximum absolute atomic E-state index is 5.09. The van der Waals surface area contributed by atoms with Crippen molar-refractivity contribution in [2.45, 2.75) is 0 Å². The number of hydrogen-bond acceptors (Lipinski definition) is 5. The molecule has 5 nitrogen and oxygen atoms in total. The molecule has 0 aliphatic heterocycles. The van der Waals surface area contributed by atoms with Crippen LogP contribution in [0.3, 0.4) is 0 Å². The standard InChI is InChI=1S/C47H29N5/c1-2-24-48-40(11-1)35-6-3-7-36(27-35)42-20-16-30-12-15-34(29-45(30)51-42)33-18-22-43-39(26-33)19-23-41(50-43)37-8-4-9-38(28-37)44-21-17-32-14-13-31-10-5-25-49-46(31)47(32)52-44/h1-29H. The van der Waals surface area contributed by atoms with Gasteiger partial charge in [-0.1, -0.05) is 97.1 Å². The van der Waals surface area contributed by atoms with Crippen molar-refractivity contribution in [1.29, 1.82) is 0 Å². The number of nitrogens with zero attached hydrogens (tertiary/aromatic N) is 5. The van der Waals surface area contributed by atoms with E-state index in [1.54, 1.807) is 0 Å². The van der Waals surface area contributed by atoms with E-state index in [4.69, 9.17) is 15.0 Å². The minimum atomic E-state index is 0.910. The van der Waals surface area contributed by atoms with Crippen LogP contribution in [0, 0.1) is 0 Å². The van der Waals surface area contributed by atoms with Gasteiger partial charge in [0, 0.05) is 56.2 Å². The molecule has 5 heterocycles. The number of fused-ring (bicyclic) bond motifs is 5. The molecule has 0 bridgehead atoms. The lowest BCUT2D eigenvalue weighted by Crippen LogP contribution is -1.90. The minimum absolute atomic E-state index is 0.910. The van der Waals surface area contributed by atoms with Gasteiger partial charge in [-0.3, -0.25) is 9.97 Å². The van der Waals surface area contributed by atoms with Crippen molar-refractivity contribution in [2.75, 3.05) is 0 Å². The zero-order valence-corrected chi connectivity index (χ0v) is 28.0. The first-order valence-electron chi connectivity index (χ1n) is 17.3. The molecule has 0 atom stereocenters. The maximum atomic E-state index is 5.09. The van der Waals surface area contributed by atoms with Crippen molar-refractivity contribution in [3.63, 3.8) is 0 Å². The van der Waals surface area contributed by atoms with Crippen molar-refractivity contribution in [2.24, 2.45) is 0 Å². The number of aromatic nitrogens is 5. The molecule has 0 saturated carbocycles. The molecule has 0 unspecified atom stereocenters. The smallest absolute Gasteiger partial charge is 0.0972 e. The first kappa shape index (κ1) is 29.8. The summed E-state index contributed by atoms with van der Waals surface area (Å²) in [5, 5.41) is 4.35. The lowest BCUT2D eigenvalue weighted by molar-refractivity contribution is 1.32. The summed E-state index contributed by atoms with van der Waals surface area (Å²) in [7, 11) is 0. The molecule has 52 heavy (non-hydrogen) atoms. The zero-order valence-electron chi connectivity index (χ0n) is 28.0. The first-order valence-corrected chi connectivity index (χ1v) is 17.3. The average Bonchev–Trinajstić information content (AvgIpc) is 3.23. The monoisotopic (exact) mass is 663 g/mol. The van der Waals surface area contributed by atoms with E-state index in [1.165, 1.54) is 0 Å².